The fourth-order valence-electron chi connectivity index (χ4n) is 5.30. The van der Waals surface area contributed by atoms with Gasteiger partial charge in [-0.3, -0.25) is 0 Å². The second-order valence-electron chi connectivity index (χ2n) is 8.30. The van der Waals surface area contributed by atoms with Crippen molar-refractivity contribution >= 4 is 0 Å². The highest BCUT2D eigenvalue weighted by Gasteiger charge is 2.31. The van der Waals surface area contributed by atoms with Gasteiger partial charge in [-0.1, -0.05) is 44.6 Å². The van der Waals surface area contributed by atoms with Crippen LogP contribution in [0, 0.1) is 35.4 Å². The average Bonchev–Trinajstić information content (AvgIpc) is 2.65. The number of benzene rings is 1. The summed E-state index contributed by atoms with van der Waals surface area (Å²) in [6.45, 7) is 4.07. The van der Waals surface area contributed by atoms with Crippen molar-refractivity contribution in [2.75, 3.05) is 0 Å². The van der Waals surface area contributed by atoms with Gasteiger partial charge in [0, 0.05) is 0 Å². The molecule has 1 heteroatoms. The fourth-order valence-corrected chi connectivity index (χ4v) is 5.30. The van der Waals surface area contributed by atoms with Crippen LogP contribution in [0.25, 0.3) is 0 Å². The molecule has 2 aliphatic rings. The van der Waals surface area contributed by atoms with E-state index in [1.165, 1.54) is 69.8 Å². The van der Waals surface area contributed by atoms with E-state index in [4.69, 9.17) is 0 Å². The van der Waals surface area contributed by atoms with E-state index in [-0.39, 0.29) is 5.82 Å². The summed E-state index contributed by atoms with van der Waals surface area (Å²) in [5.74, 6) is 8.92. The highest BCUT2D eigenvalue weighted by molar-refractivity contribution is 5.38. The molecule has 1 aromatic rings. The fraction of sp³-hybridized carbons (Fsp3) is 0.667. The van der Waals surface area contributed by atoms with Gasteiger partial charge in [-0.05, 0) is 86.8 Å². The Hall–Kier alpha value is -1.29. The summed E-state index contributed by atoms with van der Waals surface area (Å²) in [5.41, 5.74) is 1.72. The highest BCUT2D eigenvalue weighted by atomic mass is 19.1. The van der Waals surface area contributed by atoms with Gasteiger partial charge in [0.2, 0.25) is 0 Å². The molecule has 2 aliphatic carbocycles. The molecule has 0 atom stereocenters. The van der Waals surface area contributed by atoms with Crippen LogP contribution in [-0.4, -0.2) is 0 Å². The van der Waals surface area contributed by atoms with Crippen LogP contribution in [0.3, 0.4) is 0 Å². The highest BCUT2D eigenvalue weighted by Crippen LogP contribution is 2.44. The molecule has 0 aliphatic heterocycles. The quantitative estimate of drug-likeness (QED) is 0.514. The zero-order valence-corrected chi connectivity index (χ0v) is 16.0. The largest absolute Gasteiger partial charge is 0.206 e. The Morgan fingerprint density at radius 2 is 1.60 bits per heavy atom. The SMILES string of the molecule is CC#Cc1ccc(C2CCC(C3CCC(CCC)CC3)CC2)cc1F. The molecule has 2 fully saturated rings. The molecule has 2 saturated carbocycles. The first-order chi connectivity index (χ1) is 12.2. The molecular formula is C24H33F. The third-order valence-corrected chi connectivity index (χ3v) is 6.75. The number of rotatable bonds is 4. The monoisotopic (exact) mass is 340 g/mol. The van der Waals surface area contributed by atoms with Crippen molar-refractivity contribution < 1.29 is 4.39 Å². The molecule has 0 saturated heterocycles. The summed E-state index contributed by atoms with van der Waals surface area (Å²) in [7, 11) is 0. The lowest BCUT2D eigenvalue weighted by atomic mass is 9.68. The Labute approximate surface area is 153 Å². The molecule has 0 N–H and O–H groups in total. The topological polar surface area (TPSA) is 0 Å². The molecule has 0 radical (unpaired) electrons. The van der Waals surface area contributed by atoms with Crippen LogP contribution in [0.1, 0.15) is 95.1 Å². The van der Waals surface area contributed by atoms with Crippen molar-refractivity contribution in [3.8, 4) is 11.8 Å². The predicted octanol–water partition coefficient (Wildman–Crippen LogP) is 7.08. The Morgan fingerprint density at radius 1 is 0.960 bits per heavy atom. The Bertz CT molecular complexity index is 605. The molecule has 0 unspecified atom stereocenters. The Balaban J connectivity index is 1.52. The number of hydrogen-bond donors (Lipinski definition) is 0. The van der Waals surface area contributed by atoms with Crippen LogP contribution in [0.4, 0.5) is 4.39 Å². The lowest BCUT2D eigenvalue weighted by molar-refractivity contribution is 0.156. The van der Waals surface area contributed by atoms with Gasteiger partial charge in [0.1, 0.15) is 5.82 Å². The van der Waals surface area contributed by atoms with Crippen molar-refractivity contribution in [3.05, 3.63) is 35.1 Å². The molecule has 136 valence electrons. The number of halogens is 1. The van der Waals surface area contributed by atoms with Gasteiger partial charge >= 0.3 is 0 Å². The van der Waals surface area contributed by atoms with Crippen LogP contribution in [0.5, 0.6) is 0 Å². The van der Waals surface area contributed by atoms with E-state index in [1.54, 1.807) is 13.0 Å². The maximum absolute atomic E-state index is 14.2. The normalized spacial score (nSPS) is 29.7. The van der Waals surface area contributed by atoms with Crippen molar-refractivity contribution in [1.82, 2.24) is 0 Å². The van der Waals surface area contributed by atoms with Crippen molar-refractivity contribution in [3.63, 3.8) is 0 Å². The summed E-state index contributed by atoms with van der Waals surface area (Å²) in [4.78, 5) is 0. The van der Waals surface area contributed by atoms with E-state index in [1.807, 2.05) is 6.07 Å². The van der Waals surface area contributed by atoms with Crippen LogP contribution >= 0.6 is 0 Å². The minimum absolute atomic E-state index is 0.150. The van der Waals surface area contributed by atoms with Gasteiger partial charge in [-0.2, -0.15) is 0 Å². The smallest absolute Gasteiger partial charge is 0.139 e. The standard InChI is InChI=1S/C24H33F/c1-3-5-18-7-9-19(10-8-18)20-11-13-21(14-12-20)23-16-15-22(6-4-2)24(25)17-23/h15-21H,3,5,7-14H2,1-2H3. The summed E-state index contributed by atoms with van der Waals surface area (Å²) in [6, 6.07) is 5.70. The molecule has 1 aromatic carbocycles. The van der Waals surface area contributed by atoms with Crippen LogP contribution < -0.4 is 0 Å². The maximum atomic E-state index is 14.2. The predicted molar refractivity (Wildman–Crippen MR) is 104 cm³/mol. The zero-order valence-electron chi connectivity index (χ0n) is 16.0. The summed E-state index contributed by atoms with van der Waals surface area (Å²) in [6.07, 6.45) is 13.8. The minimum atomic E-state index is -0.150. The third kappa shape index (κ3) is 4.66. The molecule has 0 aromatic heterocycles. The lowest BCUT2D eigenvalue weighted by Gasteiger charge is -2.38. The summed E-state index contributed by atoms with van der Waals surface area (Å²) < 4.78 is 14.2. The molecule has 3 rings (SSSR count). The number of hydrogen-bond acceptors (Lipinski definition) is 0. The van der Waals surface area contributed by atoms with Gasteiger partial charge < -0.3 is 0 Å². The van der Waals surface area contributed by atoms with E-state index in [2.05, 4.69) is 24.8 Å². The minimum Gasteiger partial charge on any atom is -0.206 e. The van der Waals surface area contributed by atoms with E-state index in [0.717, 1.165) is 17.8 Å². The Kier molecular flexibility index (Phi) is 6.57. The summed E-state index contributed by atoms with van der Waals surface area (Å²) in [5, 5.41) is 0. The lowest BCUT2D eigenvalue weighted by Crippen LogP contribution is -2.25. The zero-order chi connectivity index (χ0) is 17.6. The van der Waals surface area contributed by atoms with Crippen molar-refractivity contribution in [2.24, 2.45) is 17.8 Å². The van der Waals surface area contributed by atoms with Crippen LogP contribution in [0.15, 0.2) is 18.2 Å². The Morgan fingerprint density at radius 3 is 2.16 bits per heavy atom. The van der Waals surface area contributed by atoms with E-state index >= 15 is 0 Å². The van der Waals surface area contributed by atoms with Gasteiger partial charge in [-0.25, -0.2) is 4.39 Å². The van der Waals surface area contributed by atoms with E-state index in [9.17, 15) is 4.39 Å². The second-order valence-corrected chi connectivity index (χ2v) is 8.30. The first kappa shape index (κ1) is 18.5. The molecule has 25 heavy (non-hydrogen) atoms. The van der Waals surface area contributed by atoms with Crippen LogP contribution in [-0.2, 0) is 0 Å². The first-order valence-electron chi connectivity index (χ1n) is 10.4. The molecule has 0 amide bonds. The molecule has 0 nitrogen and oxygen atoms in total. The van der Waals surface area contributed by atoms with E-state index in [0.29, 0.717) is 11.5 Å². The van der Waals surface area contributed by atoms with Crippen molar-refractivity contribution in [2.45, 2.75) is 84.0 Å². The van der Waals surface area contributed by atoms with Crippen molar-refractivity contribution in [1.29, 1.82) is 0 Å². The molecular weight excluding hydrogens is 307 g/mol. The molecule has 0 heterocycles. The summed E-state index contributed by atoms with van der Waals surface area (Å²) >= 11 is 0. The van der Waals surface area contributed by atoms with Gasteiger partial charge in [0.25, 0.3) is 0 Å². The van der Waals surface area contributed by atoms with E-state index < -0.39 is 0 Å². The average molecular weight is 341 g/mol. The van der Waals surface area contributed by atoms with Gasteiger partial charge in [0.05, 0.1) is 5.56 Å². The van der Waals surface area contributed by atoms with Gasteiger partial charge in [-0.15, -0.1) is 5.92 Å². The molecule has 0 spiro atoms. The first-order valence-corrected chi connectivity index (χ1v) is 10.4. The second kappa shape index (κ2) is 8.88. The molecule has 0 bridgehead atoms. The maximum Gasteiger partial charge on any atom is 0.139 e. The third-order valence-electron chi connectivity index (χ3n) is 6.75. The van der Waals surface area contributed by atoms with Gasteiger partial charge in [0.15, 0.2) is 0 Å². The van der Waals surface area contributed by atoms with Crippen LogP contribution in [0.2, 0.25) is 0 Å².